The summed E-state index contributed by atoms with van der Waals surface area (Å²) in [6.45, 7) is 8.57. The van der Waals surface area contributed by atoms with Gasteiger partial charge in [-0.1, -0.05) is 13.8 Å². The zero-order chi connectivity index (χ0) is 13.3. The molecule has 3 N–H and O–H groups in total. The molecule has 0 aromatic rings. The Balaban J connectivity index is 3.80. The SMILES string of the molecule is CCCNC(=O)CNC(C)C(=O)NC(C)CC. The first-order valence-electron chi connectivity index (χ1n) is 6.31. The van der Waals surface area contributed by atoms with Crippen LogP contribution in [-0.4, -0.2) is 37.0 Å². The second-order valence-electron chi connectivity index (χ2n) is 4.27. The Labute approximate surface area is 104 Å². The summed E-state index contributed by atoms with van der Waals surface area (Å²) in [6.07, 6.45) is 1.81. The lowest BCUT2D eigenvalue weighted by atomic mass is 10.2. The minimum Gasteiger partial charge on any atom is -0.355 e. The van der Waals surface area contributed by atoms with Crippen molar-refractivity contribution in [1.82, 2.24) is 16.0 Å². The second-order valence-corrected chi connectivity index (χ2v) is 4.27. The van der Waals surface area contributed by atoms with Crippen molar-refractivity contribution in [2.45, 2.75) is 52.6 Å². The maximum atomic E-state index is 11.6. The summed E-state index contributed by atoms with van der Waals surface area (Å²) in [6, 6.07) is -0.183. The van der Waals surface area contributed by atoms with Gasteiger partial charge in [0, 0.05) is 12.6 Å². The molecule has 2 amide bonds. The van der Waals surface area contributed by atoms with Gasteiger partial charge in [0.05, 0.1) is 12.6 Å². The summed E-state index contributed by atoms with van der Waals surface area (Å²) in [4.78, 5) is 22.9. The Morgan fingerprint density at radius 3 is 2.35 bits per heavy atom. The second kappa shape index (κ2) is 8.98. The molecule has 0 bridgehead atoms. The van der Waals surface area contributed by atoms with Crippen LogP contribution in [0.15, 0.2) is 0 Å². The molecule has 5 nitrogen and oxygen atoms in total. The number of hydrogen-bond donors (Lipinski definition) is 3. The molecule has 0 spiro atoms. The average molecular weight is 243 g/mol. The monoisotopic (exact) mass is 243 g/mol. The molecule has 0 aromatic heterocycles. The van der Waals surface area contributed by atoms with E-state index in [-0.39, 0.29) is 30.4 Å². The molecule has 100 valence electrons. The van der Waals surface area contributed by atoms with E-state index in [1.165, 1.54) is 0 Å². The fourth-order valence-electron chi connectivity index (χ4n) is 1.14. The highest BCUT2D eigenvalue weighted by Crippen LogP contribution is 1.90. The van der Waals surface area contributed by atoms with E-state index in [0.29, 0.717) is 6.54 Å². The Bertz CT molecular complexity index is 244. The maximum Gasteiger partial charge on any atom is 0.237 e. The van der Waals surface area contributed by atoms with E-state index in [1.54, 1.807) is 6.92 Å². The van der Waals surface area contributed by atoms with E-state index in [2.05, 4.69) is 16.0 Å². The summed E-state index contributed by atoms with van der Waals surface area (Å²) < 4.78 is 0. The zero-order valence-electron chi connectivity index (χ0n) is 11.3. The average Bonchev–Trinajstić information content (AvgIpc) is 2.32. The van der Waals surface area contributed by atoms with Gasteiger partial charge in [-0.05, 0) is 26.7 Å². The minimum absolute atomic E-state index is 0.0670. The summed E-state index contributed by atoms with van der Waals surface area (Å²) in [5.74, 6) is -0.141. The molecular formula is C12H25N3O2. The molecule has 0 aromatic carbocycles. The van der Waals surface area contributed by atoms with Crippen molar-refractivity contribution < 1.29 is 9.59 Å². The molecule has 17 heavy (non-hydrogen) atoms. The van der Waals surface area contributed by atoms with E-state index in [4.69, 9.17) is 0 Å². The standard InChI is InChI=1S/C12H25N3O2/c1-5-7-13-11(16)8-14-10(4)12(17)15-9(3)6-2/h9-10,14H,5-8H2,1-4H3,(H,13,16)(H,15,17). The van der Waals surface area contributed by atoms with Gasteiger partial charge >= 0.3 is 0 Å². The Hall–Kier alpha value is -1.10. The first kappa shape index (κ1) is 15.9. The number of hydrogen-bond acceptors (Lipinski definition) is 3. The van der Waals surface area contributed by atoms with Crippen LogP contribution in [0.3, 0.4) is 0 Å². The highest BCUT2D eigenvalue weighted by molar-refractivity contribution is 5.83. The topological polar surface area (TPSA) is 70.2 Å². The van der Waals surface area contributed by atoms with Crippen LogP contribution < -0.4 is 16.0 Å². The molecule has 2 unspecified atom stereocenters. The smallest absolute Gasteiger partial charge is 0.237 e. The van der Waals surface area contributed by atoms with Crippen molar-refractivity contribution in [3.05, 3.63) is 0 Å². The largest absolute Gasteiger partial charge is 0.355 e. The Morgan fingerprint density at radius 2 is 1.82 bits per heavy atom. The molecule has 0 heterocycles. The highest BCUT2D eigenvalue weighted by Gasteiger charge is 2.14. The van der Waals surface area contributed by atoms with Gasteiger partial charge in [-0.25, -0.2) is 0 Å². The van der Waals surface area contributed by atoms with Crippen molar-refractivity contribution in [2.75, 3.05) is 13.1 Å². The number of carbonyl (C=O) groups is 2. The van der Waals surface area contributed by atoms with Crippen LogP contribution in [0.25, 0.3) is 0 Å². The third-order valence-corrected chi connectivity index (χ3v) is 2.54. The predicted molar refractivity (Wildman–Crippen MR) is 68.7 cm³/mol. The molecule has 0 radical (unpaired) electrons. The van der Waals surface area contributed by atoms with Gasteiger partial charge in [0.2, 0.25) is 11.8 Å². The van der Waals surface area contributed by atoms with Crippen LogP contribution in [0.4, 0.5) is 0 Å². The number of rotatable bonds is 8. The van der Waals surface area contributed by atoms with Crippen molar-refractivity contribution in [3.63, 3.8) is 0 Å². The first-order valence-corrected chi connectivity index (χ1v) is 6.31. The van der Waals surface area contributed by atoms with Gasteiger partial charge in [-0.3, -0.25) is 14.9 Å². The molecule has 5 heteroatoms. The fraction of sp³-hybridized carbons (Fsp3) is 0.833. The van der Waals surface area contributed by atoms with E-state index in [9.17, 15) is 9.59 Å². The van der Waals surface area contributed by atoms with Crippen LogP contribution >= 0.6 is 0 Å². The van der Waals surface area contributed by atoms with Crippen LogP contribution in [0.5, 0.6) is 0 Å². The number of nitrogens with one attached hydrogen (secondary N) is 3. The highest BCUT2D eigenvalue weighted by atomic mass is 16.2. The fourth-order valence-corrected chi connectivity index (χ4v) is 1.14. The van der Waals surface area contributed by atoms with E-state index in [0.717, 1.165) is 12.8 Å². The van der Waals surface area contributed by atoms with Crippen molar-refractivity contribution in [1.29, 1.82) is 0 Å². The van der Waals surface area contributed by atoms with E-state index in [1.807, 2.05) is 20.8 Å². The maximum absolute atomic E-state index is 11.6. The van der Waals surface area contributed by atoms with Crippen molar-refractivity contribution in [2.24, 2.45) is 0 Å². The lowest BCUT2D eigenvalue weighted by molar-refractivity contribution is -0.124. The van der Waals surface area contributed by atoms with Gasteiger partial charge < -0.3 is 10.6 Å². The van der Waals surface area contributed by atoms with Gasteiger partial charge in [0.25, 0.3) is 0 Å². The molecule has 0 aliphatic rings. The van der Waals surface area contributed by atoms with Gasteiger partial charge in [-0.15, -0.1) is 0 Å². The normalized spacial score (nSPS) is 13.9. The van der Waals surface area contributed by atoms with Gasteiger partial charge in [0.15, 0.2) is 0 Å². The predicted octanol–water partition coefficient (Wildman–Crippen LogP) is 0.405. The molecule has 2 atom stereocenters. The molecule has 0 saturated heterocycles. The lowest BCUT2D eigenvalue weighted by Gasteiger charge is -2.17. The third-order valence-electron chi connectivity index (χ3n) is 2.54. The van der Waals surface area contributed by atoms with Crippen molar-refractivity contribution >= 4 is 11.8 Å². The lowest BCUT2D eigenvalue weighted by Crippen LogP contribution is -2.48. The van der Waals surface area contributed by atoms with Crippen molar-refractivity contribution in [3.8, 4) is 0 Å². The summed E-state index contributed by atoms with van der Waals surface area (Å²) >= 11 is 0. The number of carbonyl (C=O) groups excluding carboxylic acids is 2. The van der Waals surface area contributed by atoms with Gasteiger partial charge in [0.1, 0.15) is 0 Å². The van der Waals surface area contributed by atoms with Crippen LogP contribution in [-0.2, 0) is 9.59 Å². The van der Waals surface area contributed by atoms with Crippen LogP contribution in [0, 0.1) is 0 Å². The number of amides is 2. The zero-order valence-corrected chi connectivity index (χ0v) is 11.3. The summed E-state index contributed by atoms with van der Waals surface area (Å²) in [7, 11) is 0. The molecule has 0 rings (SSSR count). The first-order chi connectivity index (χ1) is 8.01. The molecule has 0 aliphatic carbocycles. The Kier molecular flexibility index (Phi) is 8.40. The molecule has 0 fully saturated rings. The van der Waals surface area contributed by atoms with E-state index >= 15 is 0 Å². The summed E-state index contributed by atoms with van der Waals surface area (Å²) in [5, 5.41) is 8.50. The molecular weight excluding hydrogens is 218 g/mol. The van der Waals surface area contributed by atoms with E-state index < -0.39 is 0 Å². The minimum atomic E-state index is -0.351. The van der Waals surface area contributed by atoms with Crippen LogP contribution in [0.1, 0.15) is 40.5 Å². The third kappa shape index (κ3) is 7.74. The summed E-state index contributed by atoms with van der Waals surface area (Å²) in [5.41, 5.74) is 0. The van der Waals surface area contributed by atoms with Gasteiger partial charge in [-0.2, -0.15) is 0 Å². The Morgan fingerprint density at radius 1 is 1.18 bits per heavy atom. The molecule has 0 saturated carbocycles. The molecule has 0 aliphatic heterocycles. The van der Waals surface area contributed by atoms with Crippen LogP contribution in [0.2, 0.25) is 0 Å². The quantitative estimate of drug-likeness (QED) is 0.578.